The second-order valence-electron chi connectivity index (χ2n) is 9.04. The summed E-state index contributed by atoms with van der Waals surface area (Å²) < 4.78 is 27.9. The molecule has 194 valence electrons. The minimum absolute atomic E-state index is 0.0241. The van der Waals surface area contributed by atoms with Crippen LogP contribution in [-0.2, 0) is 26.0 Å². The molecule has 2 atom stereocenters. The molecule has 1 amide bonds. The molecule has 1 fully saturated rings. The number of carboxylic acids is 1. The highest BCUT2D eigenvalue weighted by molar-refractivity contribution is 7.89. The fourth-order valence-electron chi connectivity index (χ4n) is 4.45. The van der Waals surface area contributed by atoms with Crippen LogP contribution in [0.3, 0.4) is 0 Å². The summed E-state index contributed by atoms with van der Waals surface area (Å²) in [6.07, 6.45) is 2.38. The van der Waals surface area contributed by atoms with Gasteiger partial charge in [0.2, 0.25) is 15.9 Å². The number of halogens is 2. The number of carbonyl (C=O) groups is 2. The van der Waals surface area contributed by atoms with Crippen molar-refractivity contribution in [1.29, 1.82) is 0 Å². The van der Waals surface area contributed by atoms with Gasteiger partial charge in [-0.2, -0.15) is 4.31 Å². The van der Waals surface area contributed by atoms with Gasteiger partial charge in [-0.25, -0.2) is 13.2 Å². The molecule has 0 saturated carbocycles. The van der Waals surface area contributed by atoms with Crippen LogP contribution in [0.2, 0.25) is 10.0 Å². The largest absolute Gasteiger partial charge is 0.480 e. The van der Waals surface area contributed by atoms with Crippen LogP contribution in [0.4, 0.5) is 0 Å². The first-order valence-electron chi connectivity index (χ1n) is 11.5. The number of hydrogen-bond acceptors (Lipinski definition) is 5. The van der Waals surface area contributed by atoms with Gasteiger partial charge in [0, 0.05) is 34.8 Å². The molecule has 0 spiro atoms. The molecule has 0 radical (unpaired) electrons. The molecule has 2 N–H and O–H groups in total. The van der Waals surface area contributed by atoms with E-state index < -0.39 is 33.5 Å². The third kappa shape index (κ3) is 5.80. The SMILES string of the molecule is C[C@@]1(C(=O)N[C@@H](Cc2ccc(-c3ccccn3)cc2)C(=O)O)CCCN1S(=O)(=O)c1cc(Cl)cc(Cl)c1. The number of aliphatic carboxylic acids is 1. The van der Waals surface area contributed by atoms with E-state index in [0.717, 1.165) is 15.6 Å². The normalized spacial score (nSPS) is 18.9. The molecule has 1 aromatic heterocycles. The molecule has 0 bridgehead atoms. The maximum atomic E-state index is 13.4. The number of amides is 1. The Hall–Kier alpha value is -2.98. The lowest BCUT2D eigenvalue weighted by Gasteiger charge is -2.34. The van der Waals surface area contributed by atoms with Crippen molar-refractivity contribution in [3.63, 3.8) is 0 Å². The van der Waals surface area contributed by atoms with Crippen molar-refractivity contribution < 1.29 is 23.1 Å². The fraction of sp³-hybridized carbons (Fsp3) is 0.269. The molecule has 2 aromatic carbocycles. The first-order valence-corrected chi connectivity index (χ1v) is 13.7. The van der Waals surface area contributed by atoms with Crippen molar-refractivity contribution >= 4 is 45.1 Å². The highest BCUT2D eigenvalue weighted by Crippen LogP contribution is 2.36. The Morgan fingerprint density at radius 1 is 1.11 bits per heavy atom. The molecule has 37 heavy (non-hydrogen) atoms. The minimum Gasteiger partial charge on any atom is -0.480 e. The summed E-state index contributed by atoms with van der Waals surface area (Å²) in [5, 5.41) is 12.7. The van der Waals surface area contributed by atoms with E-state index in [1.54, 1.807) is 18.3 Å². The summed E-state index contributed by atoms with van der Waals surface area (Å²) in [6.45, 7) is 1.60. The summed E-state index contributed by atoms with van der Waals surface area (Å²) >= 11 is 12.0. The Balaban J connectivity index is 1.53. The van der Waals surface area contributed by atoms with Crippen LogP contribution in [0.5, 0.6) is 0 Å². The fourth-order valence-corrected chi connectivity index (χ4v) is 6.99. The third-order valence-electron chi connectivity index (χ3n) is 6.45. The first kappa shape index (κ1) is 27.1. The monoisotopic (exact) mass is 561 g/mol. The molecule has 0 unspecified atom stereocenters. The first-order chi connectivity index (χ1) is 17.5. The van der Waals surface area contributed by atoms with Crippen LogP contribution < -0.4 is 5.32 Å². The smallest absolute Gasteiger partial charge is 0.326 e. The van der Waals surface area contributed by atoms with Crippen molar-refractivity contribution in [3.8, 4) is 11.3 Å². The van der Waals surface area contributed by atoms with E-state index >= 15 is 0 Å². The maximum absolute atomic E-state index is 13.4. The third-order valence-corrected chi connectivity index (χ3v) is 8.88. The topological polar surface area (TPSA) is 117 Å². The van der Waals surface area contributed by atoms with E-state index in [4.69, 9.17) is 23.2 Å². The molecule has 2 heterocycles. The van der Waals surface area contributed by atoms with Crippen LogP contribution in [-0.4, -0.2) is 52.8 Å². The van der Waals surface area contributed by atoms with E-state index in [1.165, 1.54) is 25.1 Å². The predicted octanol–water partition coefficient (Wildman–Crippen LogP) is 4.41. The Kier molecular flexibility index (Phi) is 7.89. The Bertz CT molecular complexity index is 1400. The van der Waals surface area contributed by atoms with E-state index in [0.29, 0.717) is 12.0 Å². The molecule has 1 saturated heterocycles. The number of benzene rings is 2. The second-order valence-corrected chi connectivity index (χ2v) is 11.8. The van der Waals surface area contributed by atoms with Crippen LogP contribution in [0.25, 0.3) is 11.3 Å². The highest BCUT2D eigenvalue weighted by atomic mass is 35.5. The van der Waals surface area contributed by atoms with Gasteiger partial charge in [-0.05, 0) is 55.7 Å². The van der Waals surface area contributed by atoms with Gasteiger partial charge in [0.25, 0.3) is 0 Å². The standard InChI is InChI=1S/C26H25Cl2N3O5S/c1-26(10-4-12-31(26)37(35,36)21-15-19(27)14-20(28)16-21)25(34)30-23(24(32)33)13-17-6-8-18(9-7-17)22-5-2-3-11-29-22/h2-3,5-9,11,14-16,23H,4,10,12-13H2,1H3,(H,30,34)(H,32,33)/t23-,26-/m0/s1. The van der Waals surface area contributed by atoms with E-state index in [9.17, 15) is 23.1 Å². The van der Waals surface area contributed by atoms with Crippen molar-refractivity contribution in [2.75, 3.05) is 6.54 Å². The lowest BCUT2D eigenvalue weighted by atomic mass is 9.97. The molecule has 1 aliphatic heterocycles. The van der Waals surface area contributed by atoms with Gasteiger partial charge in [-0.15, -0.1) is 0 Å². The van der Waals surface area contributed by atoms with Crippen LogP contribution in [0.15, 0.2) is 71.8 Å². The summed E-state index contributed by atoms with van der Waals surface area (Å²) in [4.78, 5) is 29.6. The molecule has 8 nitrogen and oxygen atoms in total. The van der Waals surface area contributed by atoms with Gasteiger partial charge in [0.1, 0.15) is 11.6 Å². The lowest BCUT2D eigenvalue weighted by Crippen LogP contribution is -2.58. The number of nitrogens with one attached hydrogen (secondary N) is 1. The van der Waals surface area contributed by atoms with Crippen molar-refractivity contribution in [2.24, 2.45) is 0 Å². The van der Waals surface area contributed by atoms with Crippen LogP contribution >= 0.6 is 23.2 Å². The van der Waals surface area contributed by atoms with Crippen LogP contribution in [0.1, 0.15) is 25.3 Å². The summed E-state index contributed by atoms with van der Waals surface area (Å²) in [5.74, 6) is -1.90. The van der Waals surface area contributed by atoms with Crippen molar-refractivity contribution in [3.05, 3.63) is 82.5 Å². The number of rotatable bonds is 8. The number of carbonyl (C=O) groups excluding carboxylic acids is 1. The van der Waals surface area contributed by atoms with E-state index in [1.807, 2.05) is 30.3 Å². The van der Waals surface area contributed by atoms with Gasteiger partial charge < -0.3 is 10.4 Å². The number of pyridine rings is 1. The zero-order valence-electron chi connectivity index (χ0n) is 19.9. The van der Waals surface area contributed by atoms with E-state index in [-0.39, 0.29) is 34.3 Å². The number of sulfonamides is 1. The average Bonchev–Trinajstić information content (AvgIpc) is 3.27. The zero-order valence-corrected chi connectivity index (χ0v) is 22.2. The minimum atomic E-state index is -4.13. The molecule has 4 rings (SSSR count). The molecule has 0 aliphatic carbocycles. The van der Waals surface area contributed by atoms with Gasteiger partial charge in [0.05, 0.1) is 10.6 Å². The number of hydrogen-bond donors (Lipinski definition) is 2. The quantitative estimate of drug-likeness (QED) is 0.420. The van der Waals surface area contributed by atoms with Gasteiger partial charge >= 0.3 is 5.97 Å². The number of nitrogens with zero attached hydrogens (tertiary/aromatic N) is 2. The summed E-state index contributed by atoms with van der Waals surface area (Å²) in [5.41, 5.74) is 0.876. The molecule has 3 aromatic rings. The summed E-state index contributed by atoms with van der Waals surface area (Å²) in [6, 6.07) is 15.5. The number of carboxylic acid groups (broad SMARTS) is 1. The van der Waals surface area contributed by atoms with Gasteiger partial charge in [-0.3, -0.25) is 9.78 Å². The maximum Gasteiger partial charge on any atom is 0.326 e. The van der Waals surface area contributed by atoms with Gasteiger partial charge in [0.15, 0.2) is 0 Å². The molecular weight excluding hydrogens is 537 g/mol. The summed E-state index contributed by atoms with van der Waals surface area (Å²) in [7, 11) is -4.13. The van der Waals surface area contributed by atoms with Crippen molar-refractivity contribution in [2.45, 2.75) is 42.7 Å². The van der Waals surface area contributed by atoms with E-state index in [2.05, 4.69) is 10.3 Å². The van der Waals surface area contributed by atoms with Gasteiger partial charge in [-0.1, -0.05) is 53.5 Å². The predicted molar refractivity (Wildman–Crippen MR) is 141 cm³/mol. The zero-order chi connectivity index (χ0) is 26.8. The highest BCUT2D eigenvalue weighted by Gasteiger charge is 2.50. The van der Waals surface area contributed by atoms with Crippen LogP contribution in [0, 0.1) is 0 Å². The van der Waals surface area contributed by atoms with Crippen molar-refractivity contribution in [1.82, 2.24) is 14.6 Å². The molecule has 11 heteroatoms. The Labute approximate surface area is 225 Å². The number of aromatic nitrogens is 1. The lowest BCUT2D eigenvalue weighted by molar-refractivity contribution is -0.143. The molecule has 1 aliphatic rings. The Morgan fingerprint density at radius 3 is 2.38 bits per heavy atom. The average molecular weight is 562 g/mol. The second kappa shape index (κ2) is 10.8. The molecular formula is C26H25Cl2N3O5S. The Morgan fingerprint density at radius 2 is 1.78 bits per heavy atom.